The zero-order chi connectivity index (χ0) is 19.5. The molecule has 2 atom stereocenters. The molecule has 2 aliphatic heterocycles. The van der Waals surface area contributed by atoms with Gasteiger partial charge in [-0.15, -0.1) is 0 Å². The van der Waals surface area contributed by atoms with Crippen molar-refractivity contribution in [1.82, 2.24) is 19.9 Å². The number of aliphatic hydroxyl groups is 1. The predicted molar refractivity (Wildman–Crippen MR) is 111 cm³/mol. The van der Waals surface area contributed by atoms with Crippen LogP contribution in [0.1, 0.15) is 18.4 Å². The summed E-state index contributed by atoms with van der Waals surface area (Å²) < 4.78 is 0. The Morgan fingerprint density at radius 1 is 1.25 bits per heavy atom. The van der Waals surface area contributed by atoms with E-state index in [2.05, 4.69) is 62.0 Å². The summed E-state index contributed by atoms with van der Waals surface area (Å²) in [7, 11) is 4.13. The summed E-state index contributed by atoms with van der Waals surface area (Å²) in [5, 5.41) is 10.2. The third-order valence-electron chi connectivity index (χ3n) is 5.41. The Morgan fingerprint density at radius 2 is 2.11 bits per heavy atom. The van der Waals surface area contributed by atoms with Crippen molar-refractivity contribution in [3.63, 3.8) is 0 Å². The minimum atomic E-state index is -0.307. The van der Waals surface area contributed by atoms with Gasteiger partial charge in [-0.2, -0.15) is 0 Å². The van der Waals surface area contributed by atoms with Crippen LogP contribution < -0.4 is 9.80 Å². The number of rotatable bonds is 5. The van der Waals surface area contributed by atoms with E-state index in [9.17, 15) is 5.11 Å². The summed E-state index contributed by atoms with van der Waals surface area (Å²) in [4.78, 5) is 20.0. The lowest BCUT2D eigenvalue weighted by Gasteiger charge is -2.31. The lowest BCUT2D eigenvalue weighted by Crippen LogP contribution is -2.38. The number of aromatic nitrogens is 3. The molecule has 7 nitrogen and oxygen atoms in total. The summed E-state index contributed by atoms with van der Waals surface area (Å²) in [6, 6.07) is 6.40. The summed E-state index contributed by atoms with van der Waals surface area (Å²) in [5.74, 6) is 1.83. The fourth-order valence-corrected chi connectivity index (χ4v) is 4.14. The number of nitrogens with zero attached hydrogens (tertiary/aromatic N) is 6. The van der Waals surface area contributed by atoms with Gasteiger partial charge in [-0.1, -0.05) is 12.1 Å². The quantitative estimate of drug-likeness (QED) is 0.846. The lowest BCUT2D eigenvalue weighted by molar-refractivity contribution is 0.191. The molecular formula is C21H28N6O. The van der Waals surface area contributed by atoms with Gasteiger partial charge in [-0.25, -0.2) is 9.97 Å². The molecule has 1 saturated heterocycles. The van der Waals surface area contributed by atoms with Gasteiger partial charge in [0, 0.05) is 50.7 Å². The first kappa shape index (κ1) is 18.8. The molecule has 0 saturated carbocycles. The molecule has 0 spiro atoms. The van der Waals surface area contributed by atoms with Gasteiger partial charge >= 0.3 is 0 Å². The van der Waals surface area contributed by atoms with Crippen LogP contribution >= 0.6 is 0 Å². The average molecular weight is 380 g/mol. The van der Waals surface area contributed by atoms with Gasteiger partial charge in [-0.3, -0.25) is 4.98 Å². The minimum Gasteiger partial charge on any atom is -0.391 e. The van der Waals surface area contributed by atoms with Crippen LogP contribution in [0.5, 0.6) is 0 Å². The average Bonchev–Trinajstić information content (AvgIpc) is 3.08. The van der Waals surface area contributed by atoms with Crippen molar-refractivity contribution in [2.45, 2.75) is 25.0 Å². The molecule has 2 aromatic rings. The standard InChI is InChI=1S/C21H28N6O/c1-25(2)13-18-9-19(28)14-27(18)21-10-20(23-15-24-21)26-8-4-6-17(12-26)16-5-3-7-22-11-16/h3,5-7,10-11,15,18-19,28H,4,8-9,12-14H2,1-2H3/t18-,19-/m1/s1. The highest BCUT2D eigenvalue weighted by atomic mass is 16.3. The Bertz CT molecular complexity index is 825. The van der Waals surface area contributed by atoms with Crippen LogP contribution in [0.15, 0.2) is 43.0 Å². The molecule has 0 amide bonds. The molecule has 28 heavy (non-hydrogen) atoms. The van der Waals surface area contributed by atoms with Crippen LogP contribution in [0.2, 0.25) is 0 Å². The first-order chi connectivity index (χ1) is 13.6. The van der Waals surface area contributed by atoms with E-state index in [-0.39, 0.29) is 12.1 Å². The predicted octanol–water partition coefficient (Wildman–Crippen LogP) is 1.67. The van der Waals surface area contributed by atoms with Crippen molar-refractivity contribution >= 4 is 17.2 Å². The zero-order valence-electron chi connectivity index (χ0n) is 16.6. The third kappa shape index (κ3) is 4.15. The van der Waals surface area contributed by atoms with E-state index in [0.717, 1.165) is 49.7 Å². The highest BCUT2D eigenvalue weighted by Gasteiger charge is 2.32. The molecule has 1 N–H and O–H groups in total. The van der Waals surface area contributed by atoms with Crippen LogP contribution in [0.4, 0.5) is 11.6 Å². The fourth-order valence-electron chi connectivity index (χ4n) is 4.14. The smallest absolute Gasteiger partial charge is 0.134 e. The number of aliphatic hydroxyl groups excluding tert-OH is 1. The maximum absolute atomic E-state index is 10.2. The summed E-state index contributed by atoms with van der Waals surface area (Å²) in [6.45, 7) is 3.26. The highest BCUT2D eigenvalue weighted by molar-refractivity contribution is 5.71. The maximum atomic E-state index is 10.2. The van der Waals surface area contributed by atoms with Gasteiger partial charge in [-0.05, 0) is 44.1 Å². The Labute approximate surface area is 166 Å². The van der Waals surface area contributed by atoms with Gasteiger partial charge in [0.05, 0.1) is 6.10 Å². The number of pyridine rings is 1. The van der Waals surface area contributed by atoms with E-state index in [1.54, 1.807) is 12.5 Å². The largest absolute Gasteiger partial charge is 0.391 e. The van der Waals surface area contributed by atoms with Crippen molar-refractivity contribution in [1.29, 1.82) is 0 Å². The van der Waals surface area contributed by atoms with Crippen molar-refractivity contribution in [3.8, 4) is 0 Å². The molecule has 0 aromatic carbocycles. The second-order valence-corrected chi connectivity index (χ2v) is 7.87. The normalized spacial score (nSPS) is 22.6. The van der Waals surface area contributed by atoms with E-state index in [1.807, 2.05) is 12.3 Å². The van der Waals surface area contributed by atoms with Crippen LogP contribution in [0, 0.1) is 0 Å². The van der Waals surface area contributed by atoms with Crippen molar-refractivity contribution < 1.29 is 5.11 Å². The molecule has 0 unspecified atom stereocenters. The second kappa shape index (κ2) is 8.24. The summed E-state index contributed by atoms with van der Waals surface area (Å²) >= 11 is 0. The topological polar surface area (TPSA) is 68.6 Å². The SMILES string of the molecule is CN(C)C[C@H]1C[C@@H](O)CN1c1cc(N2CCC=C(c3cccnc3)C2)ncn1. The Hall–Kier alpha value is -2.51. The number of β-amino-alcohol motifs (C(OH)–C–C–N with tert-alkyl or cyclic N) is 1. The Morgan fingerprint density at radius 3 is 2.89 bits per heavy atom. The van der Waals surface area contributed by atoms with Crippen LogP contribution in [0.3, 0.4) is 0 Å². The lowest BCUT2D eigenvalue weighted by atomic mass is 10.0. The van der Waals surface area contributed by atoms with Crippen LogP contribution in [-0.4, -0.2) is 77.4 Å². The Kier molecular flexibility index (Phi) is 5.54. The van der Waals surface area contributed by atoms with Gasteiger partial charge < -0.3 is 19.8 Å². The number of hydrogen-bond acceptors (Lipinski definition) is 7. The van der Waals surface area contributed by atoms with E-state index < -0.39 is 0 Å². The van der Waals surface area contributed by atoms with E-state index in [1.165, 1.54) is 5.57 Å². The molecule has 0 aliphatic carbocycles. The van der Waals surface area contributed by atoms with Crippen LogP contribution in [-0.2, 0) is 0 Å². The Balaban J connectivity index is 1.53. The molecule has 1 fully saturated rings. The van der Waals surface area contributed by atoms with Crippen molar-refractivity contribution in [3.05, 3.63) is 48.6 Å². The van der Waals surface area contributed by atoms with Gasteiger partial charge in [0.25, 0.3) is 0 Å². The minimum absolute atomic E-state index is 0.264. The molecule has 4 heterocycles. The van der Waals surface area contributed by atoms with Crippen molar-refractivity contribution in [2.75, 3.05) is 50.1 Å². The second-order valence-electron chi connectivity index (χ2n) is 7.87. The molecule has 2 aromatic heterocycles. The molecule has 2 aliphatic rings. The van der Waals surface area contributed by atoms with Crippen LogP contribution in [0.25, 0.3) is 5.57 Å². The summed E-state index contributed by atoms with van der Waals surface area (Å²) in [6.07, 6.45) is 9.10. The fraction of sp³-hybridized carbons (Fsp3) is 0.476. The first-order valence-corrected chi connectivity index (χ1v) is 9.86. The first-order valence-electron chi connectivity index (χ1n) is 9.86. The maximum Gasteiger partial charge on any atom is 0.134 e. The monoisotopic (exact) mass is 380 g/mol. The van der Waals surface area contributed by atoms with E-state index in [0.29, 0.717) is 6.54 Å². The molecule has 4 rings (SSSR count). The van der Waals surface area contributed by atoms with E-state index in [4.69, 9.17) is 0 Å². The molecular weight excluding hydrogens is 352 g/mol. The summed E-state index contributed by atoms with van der Waals surface area (Å²) in [5.41, 5.74) is 2.44. The number of anilines is 2. The zero-order valence-corrected chi connectivity index (χ0v) is 16.6. The molecule has 148 valence electrons. The van der Waals surface area contributed by atoms with Gasteiger partial charge in [0.15, 0.2) is 0 Å². The molecule has 0 bridgehead atoms. The number of likely N-dealkylation sites (N-methyl/N-ethyl adjacent to an activating group) is 1. The molecule has 7 heteroatoms. The molecule has 0 radical (unpaired) electrons. The number of hydrogen-bond donors (Lipinski definition) is 1. The van der Waals surface area contributed by atoms with Crippen molar-refractivity contribution in [2.24, 2.45) is 0 Å². The third-order valence-corrected chi connectivity index (χ3v) is 5.41. The van der Waals surface area contributed by atoms with Gasteiger partial charge in [0.1, 0.15) is 18.0 Å². The highest BCUT2D eigenvalue weighted by Crippen LogP contribution is 2.29. The van der Waals surface area contributed by atoms with E-state index >= 15 is 0 Å². The van der Waals surface area contributed by atoms with Gasteiger partial charge in [0.2, 0.25) is 0 Å².